The number of benzene rings is 1. The summed E-state index contributed by atoms with van der Waals surface area (Å²) in [6, 6.07) is 7.41. The molecule has 0 spiro atoms. The Labute approximate surface area is 151 Å². The standard InChI is InChI=1S/C19H23N3O4/c1-13(23)22(12-18(24)25)16-3-2-9-21(10-7-16)19(26)15-5-4-14-6-8-20-17(14)11-15/h4-6,8,11,16,20H,2-3,7,9-10,12H2,1H3,(H,24,25). The van der Waals surface area contributed by atoms with Gasteiger partial charge in [0.2, 0.25) is 5.91 Å². The molecule has 1 aliphatic rings. The van der Waals surface area contributed by atoms with Gasteiger partial charge >= 0.3 is 5.97 Å². The average Bonchev–Trinajstić information content (AvgIpc) is 2.94. The van der Waals surface area contributed by atoms with Gasteiger partial charge in [-0.3, -0.25) is 14.4 Å². The number of nitrogens with one attached hydrogen (secondary N) is 1. The van der Waals surface area contributed by atoms with Gasteiger partial charge in [-0.1, -0.05) is 6.07 Å². The number of aliphatic carboxylic acids is 1. The first-order valence-electron chi connectivity index (χ1n) is 8.81. The highest BCUT2D eigenvalue weighted by Gasteiger charge is 2.28. The Bertz CT molecular complexity index is 829. The van der Waals surface area contributed by atoms with E-state index in [2.05, 4.69) is 4.98 Å². The van der Waals surface area contributed by atoms with Crippen molar-refractivity contribution in [1.82, 2.24) is 14.8 Å². The van der Waals surface area contributed by atoms with E-state index in [0.29, 0.717) is 31.5 Å². The summed E-state index contributed by atoms with van der Waals surface area (Å²) in [6.45, 7) is 2.21. The number of hydrogen-bond acceptors (Lipinski definition) is 3. The first-order valence-corrected chi connectivity index (χ1v) is 8.81. The van der Waals surface area contributed by atoms with E-state index >= 15 is 0 Å². The van der Waals surface area contributed by atoms with Crippen LogP contribution in [-0.4, -0.2) is 63.4 Å². The Morgan fingerprint density at radius 1 is 1.23 bits per heavy atom. The van der Waals surface area contributed by atoms with Crippen molar-refractivity contribution in [2.45, 2.75) is 32.2 Å². The molecule has 3 rings (SSSR count). The number of carbonyl (C=O) groups excluding carboxylic acids is 2. The number of amides is 2. The number of carbonyl (C=O) groups is 3. The van der Waals surface area contributed by atoms with Crippen LogP contribution >= 0.6 is 0 Å². The maximum atomic E-state index is 12.8. The number of fused-ring (bicyclic) bond motifs is 1. The van der Waals surface area contributed by atoms with Crippen LogP contribution in [0.2, 0.25) is 0 Å². The van der Waals surface area contributed by atoms with Crippen LogP contribution in [0.25, 0.3) is 10.9 Å². The van der Waals surface area contributed by atoms with E-state index in [4.69, 9.17) is 5.11 Å². The molecule has 2 N–H and O–H groups in total. The van der Waals surface area contributed by atoms with Crippen LogP contribution < -0.4 is 0 Å². The molecule has 1 aliphatic heterocycles. The van der Waals surface area contributed by atoms with Crippen LogP contribution in [0.3, 0.4) is 0 Å². The molecule has 1 unspecified atom stereocenters. The van der Waals surface area contributed by atoms with Gasteiger partial charge in [-0.15, -0.1) is 0 Å². The molecule has 26 heavy (non-hydrogen) atoms. The molecule has 1 atom stereocenters. The monoisotopic (exact) mass is 357 g/mol. The number of hydrogen-bond donors (Lipinski definition) is 2. The minimum atomic E-state index is -1.02. The highest BCUT2D eigenvalue weighted by molar-refractivity contribution is 5.98. The van der Waals surface area contributed by atoms with Crippen molar-refractivity contribution in [3.05, 3.63) is 36.0 Å². The van der Waals surface area contributed by atoms with Gasteiger partial charge in [0.25, 0.3) is 5.91 Å². The second-order valence-electron chi connectivity index (χ2n) is 6.70. The fraction of sp³-hybridized carbons (Fsp3) is 0.421. The first-order chi connectivity index (χ1) is 12.5. The smallest absolute Gasteiger partial charge is 0.323 e. The molecule has 1 aromatic carbocycles. The van der Waals surface area contributed by atoms with Crippen molar-refractivity contribution in [2.75, 3.05) is 19.6 Å². The van der Waals surface area contributed by atoms with E-state index in [9.17, 15) is 14.4 Å². The number of nitrogens with zero attached hydrogens (tertiary/aromatic N) is 2. The van der Waals surface area contributed by atoms with Crippen LogP contribution in [0.5, 0.6) is 0 Å². The second-order valence-corrected chi connectivity index (χ2v) is 6.70. The van der Waals surface area contributed by atoms with E-state index in [-0.39, 0.29) is 24.4 Å². The summed E-state index contributed by atoms with van der Waals surface area (Å²) in [5.41, 5.74) is 1.56. The summed E-state index contributed by atoms with van der Waals surface area (Å²) >= 11 is 0. The maximum Gasteiger partial charge on any atom is 0.323 e. The lowest BCUT2D eigenvalue weighted by Crippen LogP contribution is -2.43. The molecule has 0 saturated carbocycles. The van der Waals surface area contributed by atoms with E-state index in [1.54, 1.807) is 4.90 Å². The molecule has 2 heterocycles. The third kappa shape index (κ3) is 3.87. The summed E-state index contributed by atoms with van der Waals surface area (Å²) in [7, 11) is 0. The second kappa shape index (κ2) is 7.59. The van der Waals surface area contributed by atoms with Crippen molar-refractivity contribution in [3.8, 4) is 0 Å². The fourth-order valence-electron chi connectivity index (χ4n) is 3.60. The third-order valence-corrected chi connectivity index (χ3v) is 4.94. The van der Waals surface area contributed by atoms with Crippen LogP contribution in [0.4, 0.5) is 0 Å². The van der Waals surface area contributed by atoms with Crippen molar-refractivity contribution < 1.29 is 19.5 Å². The zero-order valence-corrected chi connectivity index (χ0v) is 14.8. The molecule has 1 saturated heterocycles. The van der Waals surface area contributed by atoms with Crippen LogP contribution in [0, 0.1) is 0 Å². The van der Waals surface area contributed by atoms with Crippen LogP contribution in [0.1, 0.15) is 36.5 Å². The molecule has 2 aromatic rings. The minimum absolute atomic E-state index is 0.0326. The van der Waals surface area contributed by atoms with Crippen LogP contribution in [0.15, 0.2) is 30.5 Å². The SMILES string of the molecule is CC(=O)N(CC(=O)O)C1CCCN(C(=O)c2ccc3cc[nH]c3c2)CC1. The lowest BCUT2D eigenvalue weighted by Gasteiger charge is -2.28. The quantitative estimate of drug-likeness (QED) is 0.876. The Morgan fingerprint density at radius 3 is 2.77 bits per heavy atom. The predicted octanol–water partition coefficient (Wildman–Crippen LogP) is 2.10. The summed E-state index contributed by atoms with van der Waals surface area (Å²) in [5.74, 6) is -1.29. The van der Waals surface area contributed by atoms with Gasteiger partial charge in [0.05, 0.1) is 0 Å². The van der Waals surface area contributed by atoms with E-state index in [1.807, 2.05) is 30.5 Å². The van der Waals surface area contributed by atoms with Gasteiger partial charge in [0.1, 0.15) is 6.54 Å². The van der Waals surface area contributed by atoms with E-state index in [1.165, 1.54) is 11.8 Å². The summed E-state index contributed by atoms with van der Waals surface area (Å²) in [5, 5.41) is 10.1. The summed E-state index contributed by atoms with van der Waals surface area (Å²) < 4.78 is 0. The van der Waals surface area contributed by atoms with Gasteiger partial charge in [-0.2, -0.15) is 0 Å². The van der Waals surface area contributed by atoms with Gasteiger partial charge in [0.15, 0.2) is 0 Å². The number of rotatable bonds is 4. The molecule has 1 aromatic heterocycles. The fourth-order valence-corrected chi connectivity index (χ4v) is 3.60. The minimum Gasteiger partial charge on any atom is -0.480 e. The molecule has 138 valence electrons. The van der Waals surface area contributed by atoms with Crippen molar-refractivity contribution >= 4 is 28.7 Å². The third-order valence-electron chi connectivity index (χ3n) is 4.94. The number of carboxylic acids is 1. The topological polar surface area (TPSA) is 93.7 Å². The molecule has 0 bridgehead atoms. The molecular weight excluding hydrogens is 334 g/mol. The Morgan fingerprint density at radius 2 is 2.04 bits per heavy atom. The molecule has 2 amide bonds. The highest BCUT2D eigenvalue weighted by atomic mass is 16.4. The molecule has 0 radical (unpaired) electrons. The normalized spacial score (nSPS) is 17.7. The lowest BCUT2D eigenvalue weighted by atomic mass is 10.1. The number of carboxylic acid groups (broad SMARTS) is 1. The Hall–Kier alpha value is -2.83. The summed E-state index contributed by atoms with van der Waals surface area (Å²) in [4.78, 5) is 42.0. The highest BCUT2D eigenvalue weighted by Crippen LogP contribution is 2.20. The van der Waals surface area contributed by atoms with Crippen molar-refractivity contribution in [1.29, 1.82) is 0 Å². The lowest BCUT2D eigenvalue weighted by molar-refractivity contribution is -0.145. The molecule has 7 nitrogen and oxygen atoms in total. The first kappa shape index (κ1) is 18.0. The molecule has 1 fully saturated rings. The van der Waals surface area contributed by atoms with Gasteiger partial charge in [-0.25, -0.2) is 0 Å². The summed E-state index contributed by atoms with van der Waals surface area (Å²) in [6.07, 6.45) is 3.87. The zero-order chi connectivity index (χ0) is 18.7. The van der Waals surface area contributed by atoms with Crippen molar-refractivity contribution in [3.63, 3.8) is 0 Å². The number of aromatic amines is 1. The average molecular weight is 357 g/mol. The number of H-pyrrole nitrogens is 1. The van der Waals surface area contributed by atoms with Gasteiger partial charge in [-0.05, 0) is 42.8 Å². The van der Waals surface area contributed by atoms with E-state index in [0.717, 1.165) is 17.3 Å². The number of aromatic nitrogens is 1. The number of likely N-dealkylation sites (tertiary alicyclic amines) is 1. The zero-order valence-electron chi connectivity index (χ0n) is 14.8. The maximum absolute atomic E-state index is 12.8. The Kier molecular flexibility index (Phi) is 5.25. The molecule has 0 aliphatic carbocycles. The molecular formula is C19H23N3O4. The van der Waals surface area contributed by atoms with Gasteiger partial charge < -0.3 is 19.9 Å². The largest absolute Gasteiger partial charge is 0.480 e. The Balaban J connectivity index is 1.70. The van der Waals surface area contributed by atoms with Gasteiger partial charge in [0, 0.05) is 43.3 Å². The van der Waals surface area contributed by atoms with Crippen LogP contribution in [-0.2, 0) is 9.59 Å². The van der Waals surface area contributed by atoms with E-state index < -0.39 is 5.97 Å². The molecule has 7 heteroatoms. The van der Waals surface area contributed by atoms with Crippen molar-refractivity contribution in [2.24, 2.45) is 0 Å². The predicted molar refractivity (Wildman–Crippen MR) is 96.9 cm³/mol.